The molecule has 2 nitrogen and oxygen atoms in total. The Labute approximate surface area is 118 Å². The minimum Gasteiger partial charge on any atom is -0.398 e. The molecule has 0 atom stereocenters. The Kier molecular flexibility index (Phi) is 3.91. The van der Waals surface area contributed by atoms with Crippen LogP contribution in [0.15, 0.2) is 52.3 Å². The summed E-state index contributed by atoms with van der Waals surface area (Å²) in [7, 11) is 0. The van der Waals surface area contributed by atoms with E-state index in [1.165, 1.54) is 12.1 Å². The lowest BCUT2D eigenvalue weighted by Gasteiger charge is -2.09. The number of nitrogens with zero attached hydrogens (tertiary/aromatic N) is 1. The summed E-state index contributed by atoms with van der Waals surface area (Å²) in [5.74, 6) is 0. The number of anilines is 1. The maximum absolute atomic E-state index is 12.6. The molecule has 0 heterocycles. The standard InChI is InChI=1S/C14H9F3N2S/c15-14(16,17)10-2-1-3-11(7-10)20-13-5-4-9(8-18)6-12(13)19/h1-7H,19H2. The summed E-state index contributed by atoms with van der Waals surface area (Å²) in [6.45, 7) is 0. The summed E-state index contributed by atoms with van der Waals surface area (Å²) < 4.78 is 37.8. The Hall–Kier alpha value is -2.13. The number of rotatable bonds is 2. The van der Waals surface area contributed by atoms with Crippen molar-refractivity contribution >= 4 is 17.4 Å². The van der Waals surface area contributed by atoms with Gasteiger partial charge >= 0.3 is 6.18 Å². The molecule has 0 radical (unpaired) electrons. The number of hydrogen-bond donors (Lipinski definition) is 1. The van der Waals surface area contributed by atoms with Crippen molar-refractivity contribution in [2.45, 2.75) is 16.0 Å². The van der Waals surface area contributed by atoms with Crippen LogP contribution in [0, 0.1) is 11.3 Å². The second-order valence-electron chi connectivity index (χ2n) is 3.99. The van der Waals surface area contributed by atoms with Gasteiger partial charge in [-0.25, -0.2) is 0 Å². The monoisotopic (exact) mass is 294 g/mol. The topological polar surface area (TPSA) is 49.8 Å². The molecule has 0 aliphatic carbocycles. The first kappa shape index (κ1) is 14.3. The van der Waals surface area contributed by atoms with E-state index in [0.717, 1.165) is 23.9 Å². The van der Waals surface area contributed by atoms with Crippen molar-refractivity contribution in [3.63, 3.8) is 0 Å². The highest BCUT2D eigenvalue weighted by Gasteiger charge is 2.30. The number of nitrogen functional groups attached to an aromatic ring is 1. The Morgan fingerprint density at radius 2 is 1.85 bits per heavy atom. The van der Waals surface area contributed by atoms with Crippen molar-refractivity contribution in [1.82, 2.24) is 0 Å². The fraction of sp³-hybridized carbons (Fsp3) is 0.0714. The molecular formula is C14H9F3N2S. The quantitative estimate of drug-likeness (QED) is 0.840. The number of halogens is 3. The van der Waals surface area contributed by atoms with Crippen molar-refractivity contribution in [3.05, 3.63) is 53.6 Å². The zero-order chi connectivity index (χ0) is 14.8. The smallest absolute Gasteiger partial charge is 0.398 e. The average molecular weight is 294 g/mol. The predicted octanol–water partition coefficient (Wildman–Crippen LogP) is 4.31. The Morgan fingerprint density at radius 1 is 1.10 bits per heavy atom. The van der Waals surface area contributed by atoms with Crippen molar-refractivity contribution in [1.29, 1.82) is 5.26 Å². The van der Waals surface area contributed by atoms with E-state index >= 15 is 0 Å². The van der Waals surface area contributed by atoms with Gasteiger partial charge in [0.05, 0.1) is 17.2 Å². The molecular weight excluding hydrogens is 285 g/mol. The molecule has 2 rings (SSSR count). The van der Waals surface area contributed by atoms with Crippen molar-refractivity contribution in [3.8, 4) is 6.07 Å². The molecule has 0 amide bonds. The molecule has 0 spiro atoms. The summed E-state index contributed by atoms with van der Waals surface area (Å²) in [5, 5.41) is 8.73. The normalized spacial score (nSPS) is 11.1. The number of alkyl halides is 3. The molecule has 20 heavy (non-hydrogen) atoms. The molecule has 0 aliphatic rings. The summed E-state index contributed by atoms with van der Waals surface area (Å²) >= 11 is 1.13. The Bertz CT molecular complexity index is 675. The van der Waals surface area contributed by atoms with Crippen LogP contribution >= 0.6 is 11.8 Å². The fourth-order valence-electron chi connectivity index (χ4n) is 1.57. The van der Waals surface area contributed by atoms with Crippen LogP contribution in [-0.4, -0.2) is 0 Å². The zero-order valence-electron chi connectivity index (χ0n) is 10.1. The van der Waals surface area contributed by atoms with Crippen LogP contribution in [-0.2, 0) is 6.18 Å². The molecule has 2 aromatic carbocycles. The van der Waals surface area contributed by atoms with Gasteiger partial charge in [-0.05, 0) is 36.4 Å². The van der Waals surface area contributed by atoms with E-state index in [1.54, 1.807) is 18.2 Å². The molecule has 2 N–H and O–H groups in total. The van der Waals surface area contributed by atoms with Crippen LogP contribution in [0.3, 0.4) is 0 Å². The van der Waals surface area contributed by atoms with E-state index in [1.807, 2.05) is 6.07 Å². The summed E-state index contributed by atoms with van der Waals surface area (Å²) in [4.78, 5) is 1.06. The number of nitriles is 1. The molecule has 0 aliphatic heterocycles. The molecule has 102 valence electrons. The van der Waals surface area contributed by atoms with Gasteiger partial charge in [-0.1, -0.05) is 17.8 Å². The van der Waals surface area contributed by atoms with E-state index in [0.29, 0.717) is 21.0 Å². The van der Waals surface area contributed by atoms with E-state index in [4.69, 9.17) is 11.0 Å². The SMILES string of the molecule is N#Cc1ccc(Sc2cccc(C(F)(F)F)c2)c(N)c1. The Morgan fingerprint density at radius 3 is 2.45 bits per heavy atom. The minimum absolute atomic E-state index is 0.367. The van der Waals surface area contributed by atoms with E-state index in [9.17, 15) is 13.2 Å². The van der Waals surface area contributed by atoms with Crippen molar-refractivity contribution < 1.29 is 13.2 Å². The number of nitrogens with two attached hydrogens (primary N) is 1. The molecule has 0 aromatic heterocycles. The van der Waals surface area contributed by atoms with Crippen molar-refractivity contribution in [2.75, 3.05) is 5.73 Å². The van der Waals surface area contributed by atoms with Gasteiger partial charge in [0, 0.05) is 15.5 Å². The zero-order valence-corrected chi connectivity index (χ0v) is 10.9. The first-order chi connectivity index (χ1) is 9.40. The van der Waals surface area contributed by atoms with Crippen LogP contribution < -0.4 is 5.73 Å². The Balaban J connectivity index is 2.29. The second-order valence-corrected chi connectivity index (χ2v) is 5.11. The third-order valence-corrected chi connectivity index (χ3v) is 3.61. The summed E-state index contributed by atoms with van der Waals surface area (Å²) in [5.41, 5.74) is 5.86. The van der Waals surface area contributed by atoms with E-state index in [2.05, 4.69) is 0 Å². The lowest BCUT2D eigenvalue weighted by molar-refractivity contribution is -0.137. The molecule has 6 heteroatoms. The summed E-state index contributed by atoms with van der Waals surface area (Å²) in [6.07, 6.45) is -4.37. The first-order valence-electron chi connectivity index (χ1n) is 5.55. The third kappa shape index (κ3) is 3.25. The predicted molar refractivity (Wildman–Crippen MR) is 71.1 cm³/mol. The van der Waals surface area contributed by atoms with Crippen LogP contribution in [0.1, 0.15) is 11.1 Å². The van der Waals surface area contributed by atoms with Crippen LogP contribution in [0.2, 0.25) is 0 Å². The van der Waals surface area contributed by atoms with Gasteiger partial charge in [-0.15, -0.1) is 0 Å². The molecule has 2 aromatic rings. The van der Waals surface area contributed by atoms with Gasteiger partial charge in [0.25, 0.3) is 0 Å². The van der Waals surface area contributed by atoms with Crippen LogP contribution in [0.4, 0.5) is 18.9 Å². The van der Waals surface area contributed by atoms with Crippen LogP contribution in [0.25, 0.3) is 0 Å². The van der Waals surface area contributed by atoms with E-state index in [-0.39, 0.29) is 0 Å². The maximum atomic E-state index is 12.6. The molecule has 0 saturated heterocycles. The van der Waals surface area contributed by atoms with Gasteiger partial charge in [-0.3, -0.25) is 0 Å². The highest BCUT2D eigenvalue weighted by Crippen LogP contribution is 2.36. The third-order valence-electron chi connectivity index (χ3n) is 2.53. The minimum atomic E-state index is -4.37. The summed E-state index contributed by atoms with van der Waals surface area (Å²) in [6, 6.07) is 11.7. The lowest BCUT2D eigenvalue weighted by Crippen LogP contribution is -2.04. The van der Waals surface area contributed by atoms with Gasteiger partial charge in [0.1, 0.15) is 0 Å². The van der Waals surface area contributed by atoms with Gasteiger partial charge in [0.15, 0.2) is 0 Å². The van der Waals surface area contributed by atoms with Crippen LogP contribution in [0.5, 0.6) is 0 Å². The maximum Gasteiger partial charge on any atom is 0.416 e. The highest BCUT2D eigenvalue weighted by atomic mass is 32.2. The number of benzene rings is 2. The van der Waals surface area contributed by atoms with Crippen molar-refractivity contribution in [2.24, 2.45) is 0 Å². The second kappa shape index (κ2) is 5.47. The average Bonchev–Trinajstić information content (AvgIpc) is 2.40. The molecule has 0 fully saturated rings. The molecule has 0 saturated carbocycles. The largest absolute Gasteiger partial charge is 0.416 e. The molecule has 0 unspecified atom stereocenters. The lowest BCUT2D eigenvalue weighted by atomic mass is 10.2. The highest BCUT2D eigenvalue weighted by molar-refractivity contribution is 7.99. The first-order valence-corrected chi connectivity index (χ1v) is 6.36. The van der Waals surface area contributed by atoms with Gasteiger partial charge in [-0.2, -0.15) is 18.4 Å². The van der Waals surface area contributed by atoms with Gasteiger partial charge in [0.2, 0.25) is 0 Å². The van der Waals surface area contributed by atoms with Gasteiger partial charge < -0.3 is 5.73 Å². The molecule has 0 bridgehead atoms. The number of hydrogen-bond acceptors (Lipinski definition) is 3. The van der Waals surface area contributed by atoms with E-state index < -0.39 is 11.7 Å². The fourth-order valence-corrected chi connectivity index (χ4v) is 2.47.